The van der Waals surface area contributed by atoms with E-state index in [1.54, 1.807) is 24.5 Å². The van der Waals surface area contributed by atoms with Gasteiger partial charge in [-0.25, -0.2) is 4.39 Å². The monoisotopic (exact) mass is 442 g/mol. The van der Waals surface area contributed by atoms with E-state index in [1.807, 2.05) is 0 Å². The van der Waals surface area contributed by atoms with E-state index in [4.69, 9.17) is 4.74 Å². The SMILES string of the molecule is COc1ccc(F)cc1C(C)(C)CC(O)(NCc1cc2cnccc2s1)C(F)(F)F. The summed E-state index contributed by atoms with van der Waals surface area (Å²) < 4.78 is 61.6. The number of aliphatic hydroxyl groups is 1. The highest BCUT2D eigenvalue weighted by Gasteiger charge is 2.56. The topological polar surface area (TPSA) is 54.4 Å². The first-order valence-electron chi connectivity index (χ1n) is 9.16. The van der Waals surface area contributed by atoms with Gasteiger partial charge in [-0.1, -0.05) is 13.8 Å². The first kappa shape index (κ1) is 22.5. The van der Waals surface area contributed by atoms with Crippen molar-refractivity contribution in [2.24, 2.45) is 0 Å². The van der Waals surface area contributed by atoms with E-state index >= 15 is 0 Å². The summed E-state index contributed by atoms with van der Waals surface area (Å²) in [6, 6.07) is 7.17. The number of nitrogens with one attached hydrogen (secondary N) is 1. The van der Waals surface area contributed by atoms with E-state index in [-0.39, 0.29) is 17.9 Å². The second-order valence-corrected chi connectivity index (χ2v) is 8.91. The van der Waals surface area contributed by atoms with E-state index in [1.165, 1.54) is 44.4 Å². The van der Waals surface area contributed by atoms with E-state index in [2.05, 4.69) is 10.3 Å². The molecule has 3 aromatic rings. The van der Waals surface area contributed by atoms with Gasteiger partial charge in [0, 0.05) is 45.9 Å². The van der Waals surface area contributed by atoms with Crippen LogP contribution >= 0.6 is 11.3 Å². The largest absolute Gasteiger partial charge is 0.496 e. The minimum Gasteiger partial charge on any atom is -0.496 e. The highest BCUT2D eigenvalue weighted by atomic mass is 32.1. The number of nitrogens with zero attached hydrogens (tertiary/aromatic N) is 1. The molecular formula is C21H22F4N2O2S. The van der Waals surface area contributed by atoms with Crippen molar-refractivity contribution in [2.45, 2.75) is 44.1 Å². The molecule has 30 heavy (non-hydrogen) atoms. The van der Waals surface area contributed by atoms with E-state index in [9.17, 15) is 22.7 Å². The Bertz CT molecular complexity index is 1000. The fraction of sp³-hybridized carbons (Fsp3) is 0.381. The molecule has 2 aromatic heterocycles. The van der Waals surface area contributed by atoms with Crippen molar-refractivity contribution in [3.05, 3.63) is 59.0 Å². The molecule has 0 fully saturated rings. The van der Waals surface area contributed by atoms with Gasteiger partial charge in [-0.15, -0.1) is 11.3 Å². The van der Waals surface area contributed by atoms with Crippen LogP contribution in [0.25, 0.3) is 10.1 Å². The van der Waals surface area contributed by atoms with E-state index in [0.29, 0.717) is 4.88 Å². The third kappa shape index (κ3) is 4.58. The van der Waals surface area contributed by atoms with Crippen LogP contribution in [0.4, 0.5) is 17.6 Å². The number of halogens is 4. The van der Waals surface area contributed by atoms with Crippen molar-refractivity contribution in [1.29, 1.82) is 0 Å². The standard InChI is InChI=1S/C21H22F4N2O2S/c1-19(2,16-9-14(22)4-5-17(16)29-3)12-20(28,21(23,24)25)27-11-15-8-13-10-26-7-6-18(13)30-15/h4-10,27-28H,11-12H2,1-3H3. The van der Waals surface area contributed by atoms with Crippen LogP contribution in [-0.2, 0) is 12.0 Å². The lowest BCUT2D eigenvalue weighted by Gasteiger charge is -2.38. The normalized spacial score (nSPS) is 14.7. The predicted octanol–water partition coefficient (Wildman–Crippen LogP) is 5.15. The summed E-state index contributed by atoms with van der Waals surface area (Å²) in [7, 11) is 1.36. The Morgan fingerprint density at radius 2 is 1.90 bits per heavy atom. The zero-order valence-electron chi connectivity index (χ0n) is 16.7. The van der Waals surface area contributed by atoms with Gasteiger partial charge in [0.15, 0.2) is 0 Å². The molecule has 1 aromatic carbocycles. The molecule has 9 heteroatoms. The molecule has 0 bridgehead atoms. The molecule has 162 valence electrons. The Kier molecular flexibility index (Phi) is 6.08. The molecule has 1 atom stereocenters. The Hall–Kier alpha value is -2.23. The molecule has 1 unspecified atom stereocenters. The summed E-state index contributed by atoms with van der Waals surface area (Å²) in [5.74, 6) is -0.343. The predicted molar refractivity (Wildman–Crippen MR) is 108 cm³/mol. The number of pyridine rings is 1. The molecule has 0 spiro atoms. The van der Waals surface area contributed by atoms with Crippen LogP contribution in [0, 0.1) is 5.82 Å². The Labute approximate surface area is 175 Å². The second kappa shape index (κ2) is 8.13. The number of benzene rings is 1. The zero-order chi connectivity index (χ0) is 22.2. The maximum Gasteiger partial charge on any atom is 0.431 e. The average molecular weight is 442 g/mol. The van der Waals surface area contributed by atoms with Crippen molar-refractivity contribution < 1.29 is 27.4 Å². The van der Waals surface area contributed by atoms with Crippen molar-refractivity contribution in [2.75, 3.05) is 7.11 Å². The minimum absolute atomic E-state index is 0.189. The molecule has 2 heterocycles. The summed E-state index contributed by atoms with van der Waals surface area (Å²) in [6.45, 7) is 2.83. The molecular weight excluding hydrogens is 420 g/mol. The van der Waals surface area contributed by atoms with Crippen molar-refractivity contribution in [3.8, 4) is 5.75 Å². The highest BCUT2D eigenvalue weighted by Crippen LogP contribution is 2.42. The number of ether oxygens (including phenoxy) is 1. The van der Waals surface area contributed by atoms with Crippen LogP contribution in [0.1, 0.15) is 30.7 Å². The summed E-state index contributed by atoms with van der Waals surface area (Å²) in [4.78, 5) is 4.62. The lowest BCUT2D eigenvalue weighted by atomic mass is 9.77. The lowest BCUT2D eigenvalue weighted by molar-refractivity contribution is -0.280. The number of methoxy groups -OCH3 is 1. The molecule has 0 aliphatic carbocycles. The molecule has 0 saturated carbocycles. The maximum atomic E-state index is 13.9. The molecule has 0 radical (unpaired) electrons. The third-order valence-electron chi connectivity index (χ3n) is 4.98. The number of fused-ring (bicyclic) bond motifs is 1. The number of alkyl halides is 3. The first-order chi connectivity index (χ1) is 13.9. The molecule has 0 amide bonds. The summed E-state index contributed by atoms with van der Waals surface area (Å²) in [5, 5.41) is 13.7. The van der Waals surface area contributed by atoms with Gasteiger partial charge in [0.1, 0.15) is 11.6 Å². The Balaban J connectivity index is 1.88. The second-order valence-electron chi connectivity index (χ2n) is 7.74. The Morgan fingerprint density at radius 3 is 2.53 bits per heavy atom. The molecule has 4 nitrogen and oxygen atoms in total. The van der Waals surface area contributed by atoms with Crippen LogP contribution in [-0.4, -0.2) is 29.1 Å². The van der Waals surface area contributed by atoms with E-state index < -0.39 is 29.6 Å². The quantitative estimate of drug-likeness (QED) is 0.392. The fourth-order valence-electron chi connectivity index (χ4n) is 3.47. The highest BCUT2D eigenvalue weighted by molar-refractivity contribution is 7.19. The van der Waals surface area contributed by atoms with Crippen LogP contribution in [0.3, 0.4) is 0 Å². The summed E-state index contributed by atoms with van der Waals surface area (Å²) in [6.07, 6.45) is -2.46. The summed E-state index contributed by atoms with van der Waals surface area (Å²) >= 11 is 1.32. The lowest BCUT2D eigenvalue weighted by Crippen LogP contribution is -2.59. The minimum atomic E-state index is -4.96. The van der Waals surface area contributed by atoms with E-state index in [0.717, 1.165) is 16.2 Å². The third-order valence-corrected chi connectivity index (χ3v) is 6.10. The van der Waals surface area contributed by atoms with Gasteiger partial charge in [0.05, 0.1) is 7.11 Å². The zero-order valence-corrected chi connectivity index (χ0v) is 17.5. The number of hydrogen-bond donors (Lipinski definition) is 2. The van der Waals surface area contributed by atoms with Crippen molar-refractivity contribution >= 4 is 21.4 Å². The maximum absolute atomic E-state index is 13.9. The number of hydrogen-bond acceptors (Lipinski definition) is 5. The fourth-order valence-corrected chi connectivity index (χ4v) is 4.44. The van der Waals surface area contributed by atoms with Gasteiger partial charge >= 0.3 is 6.18 Å². The molecule has 0 saturated heterocycles. The molecule has 0 aliphatic heterocycles. The van der Waals surface area contributed by atoms with Crippen LogP contribution in [0.5, 0.6) is 5.75 Å². The Morgan fingerprint density at radius 1 is 1.17 bits per heavy atom. The average Bonchev–Trinajstić information content (AvgIpc) is 3.08. The summed E-state index contributed by atoms with van der Waals surface area (Å²) in [5.41, 5.74) is -4.21. The number of rotatable bonds is 7. The smallest absolute Gasteiger partial charge is 0.431 e. The van der Waals surface area contributed by atoms with Crippen LogP contribution in [0.15, 0.2) is 42.7 Å². The van der Waals surface area contributed by atoms with Crippen molar-refractivity contribution in [3.63, 3.8) is 0 Å². The number of thiophene rings is 1. The van der Waals surface area contributed by atoms with Gasteiger partial charge in [-0.05, 0) is 35.7 Å². The van der Waals surface area contributed by atoms with Crippen LogP contribution < -0.4 is 10.1 Å². The van der Waals surface area contributed by atoms with Gasteiger partial charge in [-0.3, -0.25) is 10.3 Å². The molecule has 0 aliphatic rings. The molecule has 3 rings (SSSR count). The van der Waals surface area contributed by atoms with Gasteiger partial charge in [0.2, 0.25) is 5.72 Å². The molecule has 2 N–H and O–H groups in total. The first-order valence-corrected chi connectivity index (χ1v) is 9.97. The van der Waals surface area contributed by atoms with Gasteiger partial charge in [0.25, 0.3) is 0 Å². The number of aromatic nitrogens is 1. The van der Waals surface area contributed by atoms with Crippen LogP contribution in [0.2, 0.25) is 0 Å². The van der Waals surface area contributed by atoms with Gasteiger partial charge < -0.3 is 9.84 Å². The van der Waals surface area contributed by atoms with Crippen molar-refractivity contribution in [1.82, 2.24) is 10.3 Å². The van der Waals surface area contributed by atoms with Gasteiger partial charge in [-0.2, -0.15) is 13.2 Å².